The second kappa shape index (κ2) is 6.72. The average Bonchev–Trinajstić information content (AvgIpc) is 2.91. The van der Waals surface area contributed by atoms with Gasteiger partial charge >= 0.3 is 0 Å². The molecule has 1 aliphatic rings. The zero-order valence-corrected chi connectivity index (χ0v) is 12.5. The molecule has 0 radical (unpaired) electrons. The fraction of sp³-hybridized carbons (Fsp3) is 0.500. The number of carbonyl (C=O) groups is 2. The zero-order chi connectivity index (χ0) is 15.3. The molecule has 1 aromatic rings. The van der Waals surface area contributed by atoms with Crippen molar-refractivity contribution >= 4 is 11.8 Å². The molecular formula is C16H23N3O2. The highest BCUT2D eigenvalue weighted by Crippen LogP contribution is 2.30. The Bertz CT molecular complexity index is 504. The normalized spacial score (nSPS) is 21.3. The van der Waals surface area contributed by atoms with Gasteiger partial charge in [-0.05, 0) is 44.9 Å². The van der Waals surface area contributed by atoms with Crippen LogP contribution in [0.4, 0.5) is 0 Å². The predicted octanol–water partition coefficient (Wildman–Crippen LogP) is 1.15. The standard InChI is InChI=1S/C16H23N3O2/c1-16(15(21)18-11-6-10-17)9-5-12-19(16)14(20)13-7-3-2-4-8-13/h2-4,7-8H,5-6,9-12,17H2,1H3,(H,18,21). The molecular weight excluding hydrogens is 266 g/mol. The molecule has 1 atom stereocenters. The van der Waals surface area contributed by atoms with Gasteiger partial charge in [-0.1, -0.05) is 18.2 Å². The van der Waals surface area contributed by atoms with Gasteiger partial charge in [0.05, 0.1) is 0 Å². The van der Waals surface area contributed by atoms with E-state index in [9.17, 15) is 9.59 Å². The summed E-state index contributed by atoms with van der Waals surface area (Å²) in [6, 6.07) is 9.12. The Morgan fingerprint density at radius 2 is 2.05 bits per heavy atom. The van der Waals surface area contributed by atoms with Crippen LogP contribution in [-0.4, -0.2) is 41.9 Å². The van der Waals surface area contributed by atoms with Crippen LogP contribution in [0.1, 0.15) is 36.5 Å². The molecule has 0 saturated carbocycles. The quantitative estimate of drug-likeness (QED) is 0.798. The number of carbonyl (C=O) groups excluding carboxylic acids is 2. The number of hydrogen-bond donors (Lipinski definition) is 2. The number of nitrogens with zero attached hydrogens (tertiary/aromatic N) is 1. The topological polar surface area (TPSA) is 75.4 Å². The number of benzene rings is 1. The average molecular weight is 289 g/mol. The molecule has 5 nitrogen and oxygen atoms in total. The second-order valence-corrected chi connectivity index (χ2v) is 5.60. The third kappa shape index (κ3) is 3.24. The highest BCUT2D eigenvalue weighted by Gasteiger charge is 2.45. The molecule has 0 bridgehead atoms. The summed E-state index contributed by atoms with van der Waals surface area (Å²) in [5, 5.41) is 2.89. The number of rotatable bonds is 5. The van der Waals surface area contributed by atoms with Crippen LogP contribution in [0.5, 0.6) is 0 Å². The minimum atomic E-state index is -0.762. The zero-order valence-electron chi connectivity index (χ0n) is 12.5. The van der Waals surface area contributed by atoms with E-state index < -0.39 is 5.54 Å². The fourth-order valence-electron chi connectivity index (χ4n) is 2.76. The molecule has 1 heterocycles. The van der Waals surface area contributed by atoms with E-state index in [1.54, 1.807) is 17.0 Å². The van der Waals surface area contributed by atoms with Crippen molar-refractivity contribution in [3.05, 3.63) is 35.9 Å². The van der Waals surface area contributed by atoms with E-state index >= 15 is 0 Å². The first kappa shape index (κ1) is 15.5. The van der Waals surface area contributed by atoms with E-state index in [0.717, 1.165) is 12.8 Å². The van der Waals surface area contributed by atoms with E-state index in [1.807, 2.05) is 25.1 Å². The molecule has 3 N–H and O–H groups in total. The van der Waals surface area contributed by atoms with Crippen molar-refractivity contribution in [2.45, 2.75) is 31.7 Å². The van der Waals surface area contributed by atoms with Crippen LogP contribution in [0.25, 0.3) is 0 Å². The monoisotopic (exact) mass is 289 g/mol. The summed E-state index contributed by atoms with van der Waals surface area (Å²) in [5.74, 6) is -0.165. The van der Waals surface area contributed by atoms with Crippen LogP contribution in [0, 0.1) is 0 Å². The van der Waals surface area contributed by atoms with Crippen LogP contribution in [-0.2, 0) is 4.79 Å². The lowest BCUT2D eigenvalue weighted by Crippen LogP contribution is -2.55. The number of nitrogens with two attached hydrogens (primary N) is 1. The molecule has 5 heteroatoms. The second-order valence-electron chi connectivity index (χ2n) is 5.60. The Labute approximate surface area is 125 Å². The summed E-state index contributed by atoms with van der Waals surface area (Å²) >= 11 is 0. The molecule has 114 valence electrons. The summed E-state index contributed by atoms with van der Waals surface area (Å²) in [6.07, 6.45) is 2.29. The van der Waals surface area contributed by atoms with Gasteiger partial charge in [-0.3, -0.25) is 9.59 Å². The van der Waals surface area contributed by atoms with E-state index in [1.165, 1.54) is 0 Å². The van der Waals surface area contributed by atoms with Crippen LogP contribution in [0.3, 0.4) is 0 Å². The van der Waals surface area contributed by atoms with Gasteiger partial charge in [-0.15, -0.1) is 0 Å². The maximum atomic E-state index is 12.6. The van der Waals surface area contributed by atoms with Crippen LogP contribution in [0.15, 0.2) is 30.3 Å². The summed E-state index contributed by atoms with van der Waals surface area (Å²) in [5.41, 5.74) is 5.30. The van der Waals surface area contributed by atoms with Crippen molar-refractivity contribution in [3.63, 3.8) is 0 Å². The highest BCUT2D eigenvalue weighted by atomic mass is 16.2. The molecule has 1 aromatic carbocycles. The Morgan fingerprint density at radius 3 is 2.71 bits per heavy atom. The third-order valence-electron chi connectivity index (χ3n) is 4.06. The first-order chi connectivity index (χ1) is 10.1. The van der Waals surface area contributed by atoms with Gasteiger partial charge in [-0.25, -0.2) is 0 Å². The molecule has 1 aliphatic heterocycles. The van der Waals surface area contributed by atoms with Crippen molar-refractivity contribution < 1.29 is 9.59 Å². The predicted molar refractivity (Wildman–Crippen MR) is 81.8 cm³/mol. The number of nitrogens with one attached hydrogen (secondary N) is 1. The number of amides is 2. The minimum Gasteiger partial charge on any atom is -0.354 e. The largest absolute Gasteiger partial charge is 0.354 e. The van der Waals surface area contributed by atoms with Crippen molar-refractivity contribution in [2.75, 3.05) is 19.6 Å². The maximum Gasteiger partial charge on any atom is 0.254 e. The van der Waals surface area contributed by atoms with Crippen molar-refractivity contribution in [1.29, 1.82) is 0 Å². The van der Waals surface area contributed by atoms with Gasteiger partial charge in [0.2, 0.25) is 5.91 Å². The summed E-state index contributed by atoms with van der Waals surface area (Å²) in [6.45, 7) is 3.56. The van der Waals surface area contributed by atoms with Gasteiger partial charge < -0.3 is 16.0 Å². The van der Waals surface area contributed by atoms with Gasteiger partial charge in [0.15, 0.2) is 0 Å². The fourth-order valence-corrected chi connectivity index (χ4v) is 2.76. The minimum absolute atomic E-state index is 0.0791. The van der Waals surface area contributed by atoms with E-state index in [-0.39, 0.29) is 11.8 Å². The van der Waals surface area contributed by atoms with Crippen LogP contribution < -0.4 is 11.1 Å². The molecule has 2 amide bonds. The lowest BCUT2D eigenvalue weighted by atomic mass is 9.96. The molecule has 1 fully saturated rings. The van der Waals surface area contributed by atoms with E-state index in [4.69, 9.17) is 5.73 Å². The van der Waals surface area contributed by atoms with E-state index in [2.05, 4.69) is 5.32 Å². The van der Waals surface area contributed by atoms with Crippen molar-refractivity contribution in [2.24, 2.45) is 5.73 Å². The maximum absolute atomic E-state index is 12.6. The Hall–Kier alpha value is -1.88. The van der Waals surface area contributed by atoms with Crippen molar-refractivity contribution in [1.82, 2.24) is 10.2 Å². The van der Waals surface area contributed by atoms with Gasteiger partial charge in [0, 0.05) is 18.7 Å². The number of hydrogen-bond acceptors (Lipinski definition) is 3. The van der Waals surface area contributed by atoms with Gasteiger partial charge in [0.1, 0.15) is 5.54 Å². The molecule has 0 aliphatic carbocycles. The molecule has 21 heavy (non-hydrogen) atoms. The van der Waals surface area contributed by atoms with Gasteiger partial charge in [0.25, 0.3) is 5.91 Å². The molecule has 0 aromatic heterocycles. The van der Waals surface area contributed by atoms with Crippen molar-refractivity contribution in [3.8, 4) is 0 Å². The third-order valence-corrected chi connectivity index (χ3v) is 4.06. The summed E-state index contributed by atoms with van der Waals surface area (Å²) < 4.78 is 0. The Balaban J connectivity index is 2.11. The Kier molecular flexibility index (Phi) is 4.96. The Morgan fingerprint density at radius 1 is 1.33 bits per heavy atom. The highest BCUT2D eigenvalue weighted by molar-refractivity contribution is 5.99. The molecule has 1 saturated heterocycles. The summed E-state index contributed by atoms with van der Waals surface area (Å²) in [4.78, 5) is 26.8. The van der Waals surface area contributed by atoms with Crippen LogP contribution >= 0.6 is 0 Å². The molecule has 0 spiro atoms. The SMILES string of the molecule is CC1(C(=O)NCCCN)CCCN1C(=O)c1ccccc1. The lowest BCUT2D eigenvalue weighted by Gasteiger charge is -2.34. The first-order valence-corrected chi connectivity index (χ1v) is 7.45. The smallest absolute Gasteiger partial charge is 0.254 e. The summed E-state index contributed by atoms with van der Waals surface area (Å²) in [7, 11) is 0. The van der Waals surface area contributed by atoms with E-state index in [0.29, 0.717) is 31.6 Å². The number of likely N-dealkylation sites (tertiary alicyclic amines) is 1. The van der Waals surface area contributed by atoms with Gasteiger partial charge in [-0.2, -0.15) is 0 Å². The molecule has 1 unspecified atom stereocenters. The molecule has 2 rings (SSSR count). The lowest BCUT2D eigenvalue weighted by molar-refractivity contribution is -0.129. The first-order valence-electron chi connectivity index (χ1n) is 7.45. The van der Waals surface area contributed by atoms with Crippen LogP contribution in [0.2, 0.25) is 0 Å².